The molecule has 1 heterocycles. The van der Waals surface area contributed by atoms with E-state index >= 15 is 0 Å². The molecule has 1 aromatic heterocycles. The van der Waals surface area contributed by atoms with Crippen molar-refractivity contribution in [3.63, 3.8) is 0 Å². The van der Waals surface area contributed by atoms with Crippen LogP contribution in [0, 0.1) is 12.7 Å². The van der Waals surface area contributed by atoms with Gasteiger partial charge in [0.15, 0.2) is 0 Å². The molecule has 0 aliphatic carbocycles. The highest BCUT2D eigenvalue weighted by Crippen LogP contribution is 2.34. The van der Waals surface area contributed by atoms with E-state index in [1.165, 1.54) is 12.1 Å². The molecule has 1 amide bonds. The molecule has 0 radical (unpaired) electrons. The predicted octanol–water partition coefficient (Wildman–Crippen LogP) is 5.61. The first-order valence-corrected chi connectivity index (χ1v) is 10.7. The molecule has 2 aromatic carbocycles. The van der Waals surface area contributed by atoms with Crippen LogP contribution in [0.25, 0.3) is 11.3 Å². The number of amides is 1. The lowest BCUT2D eigenvalue weighted by Crippen LogP contribution is -2.13. The first-order valence-electron chi connectivity index (χ1n) is 9.08. The minimum Gasteiger partial charge on any atom is -0.392 e. The quantitative estimate of drug-likeness (QED) is 0.497. The number of hydrogen-bond donors (Lipinski definition) is 2. The normalized spacial score (nSPS) is 12.1. The summed E-state index contributed by atoms with van der Waals surface area (Å²) in [4.78, 5) is 14.0. The molecule has 0 aliphatic heterocycles. The second-order valence-corrected chi connectivity index (χ2v) is 8.11. The van der Waals surface area contributed by atoms with Crippen LogP contribution in [0.2, 0.25) is 5.02 Å². The molecule has 4 nitrogen and oxygen atoms in total. The van der Waals surface area contributed by atoms with Gasteiger partial charge in [0.1, 0.15) is 5.82 Å². The molecular formula is C22H22ClFN2O2S. The minimum atomic E-state index is -0.630. The molecule has 7 heteroatoms. The highest BCUT2D eigenvalue weighted by molar-refractivity contribution is 7.98. The van der Waals surface area contributed by atoms with E-state index in [4.69, 9.17) is 11.6 Å². The summed E-state index contributed by atoms with van der Waals surface area (Å²) in [5.74, 6) is -0.695. The van der Waals surface area contributed by atoms with Gasteiger partial charge in [-0.25, -0.2) is 4.39 Å². The smallest absolute Gasteiger partial charge is 0.257 e. The Morgan fingerprint density at radius 3 is 2.55 bits per heavy atom. The largest absolute Gasteiger partial charge is 0.392 e. The molecule has 0 aliphatic rings. The number of aliphatic hydroxyl groups is 1. The predicted molar refractivity (Wildman–Crippen MR) is 117 cm³/mol. The average Bonchev–Trinajstić information content (AvgIpc) is 2.98. The molecule has 3 rings (SSSR count). The Morgan fingerprint density at radius 1 is 1.28 bits per heavy atom. The fourth-order valence-electron chi connectivity index (χ4n) is 3.23. The Morgan fingerprint density at radius 2 is 1.97 bits per heavy atom. The number of anilines is 1. The number of thioether (sulfide) groups is 1. The molecule has 0 saturated carbocycles. The second-order valence-electron chi connectivity index (χ2n) is 6.82. The summed E-state index contributed by atoms with van der Waals surface area (Å²) in [5, 5.41) is 13.0. The van der Waals surface area contributed by atoms with Gasteiger partial charge in [-0.1, -0.05) is 11.6 Å². The van der Waals surface area contributed by atoms with E-state index in [1.54, 1.807) is 35.5 Å². The number of rotatable bonds is 6. The van der Waals surface area contributed by atoms with Gasteiger partial charge in [0.25, 0.3) is 5.91 Å². The standard InChI is InChI=1S/C22H22ClFN2O2S/c1-13(27)11-26-12-19(22(28)25-16-5-7-17(29-3)8-6-16)14(2)21(26)18-9-4-15(24)10-20(18)23/h4-10,12-13,27H,11H2,1-3H3,(H,25,28). The number of aromatic nitrogens is 1. The van der Waals surface area contributed by atoms with Gasteiger partial charge in [0.2, 0.25) is 0 Å². The molecule has 0 fully saturated rings. The van der Waals surface area contributed by atoms with Crippen molar-refractivity contribution in [1.82, 2.24) is 4.57 Å². The lowest BCUT2D eigenvalue weighted by Gasteiger charge is -2.13. The SMILES string of the molecule is CSc1ccc(NC(=O)c2cn(CC(C)O)c(-c3ccc(F)cc3Cl)c2C)cc1. The zero-order valence-corrected chi connectivity index (χ0v) is 17.9. The van der Waals surface area contributed by atoms with Crippen LogP contribution in [-0.4, -0.2) is 27.9 Å². The summed E-state index contributed by atoms with van der Waals surface area (Å²) in [6.07, 6.45) is 3.06. The molecule has 0 spiro atoms. The number of nitrogens with one attached hydrogen (secondary N) is 1. The van der Waals surface area contributed by atoms with Gasteiger partial charge in [-0.2, -0.15) is 0 Å². The van der Waals surface area contributed by atoms with Gasteiger partial charge in [-0.15, -0.1) is 11.8 Å². The highest BCUT2D eigenvalue weighted by Gasteiger charge is 2.21. The Kier molecular flexibility index (Phi) is 6.67. The van der Waals surface area contributed by atoms with Crippen molar-refractivity contribution < 1.29 is 14.3 Å². The monoisotopic (exact) mass is 432 g/mol. The van der Waals surface area contributed by atoms with Crippen LogP contribution in [0.15, 0.2) is 53.6 Å². The zero-order chi connectivity index (χ0) is 21.1. The molecule has 0 bridgehead atoms. The Labute approximate surface area is 178 Å². The topological polar surface area (TPSA) is 54.3 Å². The van der Waals surface area contributed by atoms with Crippen molar-refractivity contribution in [2.45, 2.75) is 31.4 Å². The van der Waals surface area contributed by atoms with Gasteiger partial charge >= 0.3 is 0 Å². The maximum atomic E-state index is 13.5. The van der Waals surface area contributed by atoms with Gasteiger partial charge in [0.05, 0.1) is 22.4 Å². The van der Waals surface area contributed by atoms with Crippen molar-refractivity contribution in [1.29, 1.82) is 0 Å². The van der Waals surface area contributed by atoms with Gasteiger partial charge in [-0.3, -0.25) is 4.79 Å². The molecule has 1 atom stereocenters. The first-order chi connectivity index (χ1) is 13.8. The van der Waals surface area contributed by atoms with E-state index in [9.17, 15) is 14.3 Å². The van der Waals surface area contributed by atoms with E-state index in [0.717, 1.165) is 4.90 Å². The fourth-order valence-corrected chi connectivity index (χ4v) is 3.89. The number of benzene rings is 2. The molecule has 29 heavy (non-hydrogen) atoms. The van der Waals surface area contributed by atoms with E-state index in [0.29, 0.717) is 28.1 Å². The van der Waals surface area contributed by atoms with Crippen LogP contribution >= 0.6 is 23.4 Å². The second kappa shape index (κ2) is 9.03. The van der Waals surface area contributed by atoms with Crippen molar-refractivity contribution in [3.05, 3.63) is 70.6 Å². The summed E-state index contributed by atoms with van der Waals surface area (Å²) >= 11 is 7.90. The molecule has 3 aromatic rings. The van der Waals surface area contributed by atoms with Crippen LogP contribution in [0.1, 0.15) is 22.8 Å². The number of carbonyl (C=O) groups excluding carboxylic acids is 1. The number of aliphatic hydroxyl groups excluding tert-OH is 1. The maximum absolute atomic E-state index is 13.5. The number of hydrogen-bond acceptors (Lipinski definition) is 3. The van der Waals surface area contributed by atoms with Crippen molar-refractivity contribution >= 4 is 35.0 Å². The Balaban J connectivity index is 2.00. The number of nitrogens with zero attached hydrogens (tertiary/aromatic N) is 1. The third kappa shape index (κ3) is 4.83. The summed E-state index contributed by atoms with van der Waals surface area (Å²) in [6, 6.07) is 11.7. The fraction of sp³-hybridized carbons (Fsp3) is 0.227. The third-order valence-corrected chi connectivity index (χ3v) is 5.63. The van der Waals surface area contributed by atoms with E-state index in [1.807, 2.05) is 37.4 Å². The lowest BCUT2D eigenvalue weighted by atomic mass is 10.1. The summed E-state index contributed by atoms with van der Waals surface area (Å²) < 4.78 is 15.3. The summed E-state index contributed by atoms with van der Waals surface area (Å²) in [5.41, 5.74) is 3.15. The molecule has 152 valence electrons. The molecule has 1 unspecified atom stereocenters. The molecule has 0 saturated heterocycles. The van der Waals surface area contributed by atoms with Gasteiger partial charge in [0, 0.05) is 28.9 Å². The van der Waals surface area contributed by atoms with Crippen molar-refractivity contribution in [2.24, 2.45) is 0 Å². The van der Waals surface area contributed by atoms with E-state index < -0.39 is 11.9 Å². The zero-order valence-electron chi connectivity index (χ0n) is 16.4. The lowest BCUT2D eigenvalue weighted by molar-refractivity contribution is 0.102. The van der Waals surface area contributed by atoms with Crippen molar-refractivity contribution in [2.75, 3.05) is 11.6 Å². The summed E-state index contributed by atoms with van der Waals surface area (Å²) in [6.45, 7) is 3.76. The van der Waals surface area contributed by atoms with E-state index in [-0.39, 0.29) is 17.5 Å². The van der Waals surface area contributed by atoms with Crippen LogP contribution in [0.5, 0.6) is 0 Å². The van der Waals surface area contributed by atoms with Crippen LogP contribution in [0.4, 0.5) is 10.1 Å². The van der Waals surface area contributed by atoms with E-state index in [2.05, 4.69) is 5.32 Å². The van der Waals surface area contributed by atoms with Crippen molar-refractivity contribution in [3.8, 4) is 11.3 Å². The first kappa shape index (κ1) is 21.4. The van der Waals surface area contributed by atoms with Crippen LogP contribution < -0.4 is 5.32 Å². The Hall–Kier alpha value is -2.28. The summed E-state index contributed by atoms with van der Waals surface area (Å²) in [7, 11) is 0. The number of carbonyl (C=O) groups is 1. The highest BCUT2D eigenvalue weighted by atomic mass is 35.5. The van der Waals surface area contributed by atoms with Crippen LogP contribution in [0.3, 0.4) is 0 Å². The van der Waals surface area contributed by atoms with Crippen LogP contribution in [-0.2, 0) is 6.54 Å². The average molecular weight is 433 g/mol. The maximum Gasteiger partial charge on any atom is 0.257 e. The third-order valence-electron chi connectivity index (χ3n) is 4.57. The molecule has 2 N–H and O–H groups in total. The van der Waals surface area contributed by atoms with Gasteiger partial charge < -0.3 is 15.0 Å². The van der Waals surface area contributed by atoms with Gasteiger partial charge in [-0.05, 0) is 68.1 Å². The Bertz CT molecular complexity index is 1030. The number of halogens is 2. The molecular weight excluding hydrogens is 411 g/mol. The minimum absolute atomic E-state index is 0.248.